The summed E-state index contributed by atoms with van der Waals surface area (Å²) in [6.45, 7) is 1.70. The number of methoxy groups -OCH3 is 1. The number of nitrogens with one attached hydrogen (secondary N) is 1. The average Bonchev–Trinajstić information content (AvgIpc) is 2.95. The number of hydrogen-bond donors (Lipinski definition) is 2. The Morgan fingerprint density at radius 1 is 1.48 bits per heavy atom. The van der Waals surface area contributed by atoms with Gasteiger partial charge in [-0.2, -0.15) is 0 Å². The zero-order valence-corrected chi connectivity index (χ0v) is 14.0. The summed E-state index contributed by atoms with van der Waals surface area (Å²) in [5.74, 6) is -0.193. The number of aromatic nitrogens is 2. The van der Waals surface area contributed by atoms with Crippen molar-refractivity contribution in [3.05, 3.63) is 41.0 Å². The minimum atomic E-state index is -0.457. The first-order valence-corrected chi connectivity index (χ1v) is 8.06. The maximum atomic E-state index is 13.8. The van der Waals surface area contributed by atoms with Crippen LogP contribution in [0.2, 0.25) is 0 Å². The van der Waals surface area contributed by atoms with Crippen LogP contribution in [0.4, 0.5) is 4.39 Å². The fourth-order valence-corrected chi connectivity index (χ4v) is 3.09. The van der Waals surface area contributed by atoms with Gasteiger partial charge in [-0.25, -0.2) is 9.02 Å². The molecule has 0 radical (unpaired) electrons. The highest BCUT2D eigenvalue weighted by atomic mass is 19.1. The number of nitrogens with zero attached hydrogens (tertiary/aromatic N) is 2. The molecule has 0 saturated heterocycles. The van der Waals surface area contributed by atoms with Gasteiger partial charge >= 0.3 is 0 Å². The molecule has 1 aliphatic rings. The van der Waals surface area contributed by atoms with Crippen LogP contribution >= 0.6 is 0 Å². The highest BCUT2D eigenvalue weighted by Gasteiger charge is 2.37. The van der Waals surface area contributed by atoms with Gasteiger partial charge in [0.05, 0.1) is 25.7 Å². The Balaban J connectivity index is 1.82. The standard InChI is InChI=1S/C17H20FN3O4/c1-9-14(21-25-20-9)8-16(23)19-17(10-5-12(22)6-10)13-7-11(18)3-4-15(13)24-2/h3-4,7,10,12,17,22H,5-6,8H2,1-2H3,(H,19,23). The largest absolute Gasteiger partial charge is 0.496 e. The number of carbonyl (C=O) groups excluding carboxylic acids is 1. The van der Waals surface area contributed by atoms with Crippen molar-refractivity contribution >= 4 is 5.91 Å². The van der Waals surface area contributed by atoms with Crippen LogP contribution in [0.5, 0.6) is 5.75 Å². The SMILES string of the molecule is COc1ccc(F)cc1C(NC(=O)Cc1nonc1C)C1CC(O)C1. The van der Waals surface area contributed by atoms with E-state index in [1.807, 2.05) is 0 Å². The second kappa shape index (κ2) is 7.18. The molecule has 1 aliphatic carbocycles. The molecule has 1 aromatic carbocycles. The lowest BCUT2D eigenvalue weighted by atomic mass is 9.74. The van der Waals surface area contributed by atoms with E-state index < -0.39 is 18.0 Å². The number of rotatable bonds is 6. The lowest BCUT2D eigenvalue weighted by Gasteiger charge is -2.38. The molecule has 2 N–H and O–H groups in total. The second-order valence-corrected chi connectivity index (χ2v) is 6.29. The number of ether oxygens (including phenoxy) is 1. The Bertz CT molecular complexity index is 758. The quantitative estimate of drug-likeness (QED) is 0.824. The Hall–Kier alpha value is -2.48. The van der Waals surface area contributed by atoms with Gasteiger partial charge in [0.2, 0.25) is 5.91 Å². The molecule has 8 heteroatoms. The normalized spacial score (nSPS) is 20.6. The third-order valence-electron chi connectivity index (χ3n) is 4.54. The first-order valence-electron chi connectivity index (χ1n) is 8.06. The molecule has 1 aromatic heterocycles. The van der Waals surface area contributed by atoms with Crippen LogP contribution in [-0.2, 0) is 11.2 Å². The zero-order chi connectivity index (χ0) is 18.0. The minimum absolute atomic E-state index is 0.00572. The molecule has 1 heterocycles. The Kier molecular flexibility index (Phi) is 4.98. The molecular weight excluding hydrogens is 329 g/mol. The van der Waals surface area contributed by atoms with E-state index in [2.05, 4.69) is 20.3 Å². The smallest absolute Gasteiger partial charge is 0.226 e. The summed E-state index contributed by atoms with van der Waals surface area (Å²) in [6, 6.07) is 3.74. The van der Waals surface area contributed by atoms with E-state index in [-0.39, 0.29) is 18.2 Å². The van der Waals surface area contributed by atoms with Crippen molar-refractivity contribution in [3.63, 3.8) is 0 Å². The molecule has 1 amide bonds. The van der Waals surface area contributed by atoms with Crippen LogP contribution in [-0.4, -0.2) is 34.5 Å². The van der Waals surface area contributed by atoms with Crippen molar-refractivity contribution in [2.75, 3.05) is 7.11 Å². The van der Waals surface area contributed by atoms with E-state index >= 15 is 0 Å². The van der Waals surface area contributed by atoms with Gasteiger partial charge in [0.1, 0.15) is 23.0 Å². The van der Waals surface area contributed by atoms with Crippen LogP contribution in [0.15, 0.2) is 22.8 Å². The van der Waals surface area contributed by atoms with Crippen molar-refractivity contribution < 1.29 is 23.7 Å². The predicted octanol–water partition coefficient (Wildman–Crippen LogP) is 1.70. The van der Waals surface area contributed by atoms with Crippen LogP contribution in [0.3, 0.4) is 0 Å². The molecule has 0 spiro atoms. The van der Waals surface area contributed by atoms with Gasteiger partial charge in [0.15, 0.2) is 0 Å². The molecule has 1 fully saturated rings. The summed E-state index contributed by atoms with van der Waals surface area (Å²) < 4.78 is 23.7. The molecule has 134 valence electrons. The first kappa shape index (κ1) is 17.3. The van der Waals surface area contributed by atoms with Gasteiger partial charge in [-0.15, -0.1) is 0 Å². The monoisotopic (exact) mass is 349 g/mol. The highest BCUT2D eigenvalue weighted by Crippen LogP contribution is 2.41. The predicted molar refractivity (Wildman–Crippen MR) is 85.3 cm³/mol. The number of hydrogen-bond acceptors (Lipinski definition) is 6. The topological polar surface area (TPSA) is 97.5 Å². The molecular formula is C17H20FN3O4. The Morgan fingerprint density at radius 2 is 2.24 bits per heavy atom. The third kappa shape index (κ3) is 3.79. The van der Waals surface area contributed by atoms with Gasteiger partial charge in [-0.05, 0) is 43.9 Å². The fraction of sp³-hybridized carbons (Fsp3) is 0.471. The Labute approximate surface area is 144 Å². The molecule has 3 rings (SSSR count). The number of aryl methyl sites for hydroxylation is 1. The van der Waals surface area contributed by atoms with Crippen molar-refractivity contribution in [2.45, 2.75) is 38.3 Å². The summed E-state index contributed by atoms with van der Waals surface area (Å²) in [4.78, 5) is 12.4. The van der Waals surface area contributed by atoms with Gasteiger partial charge in [0, 0.05) is 5.56 Å². The number of benzene rings is 1. The molecule has 7 nitrogen and oxygen atoms in total. The summed E-state index contributed by atoms with van der Waals surface area (Å²) in [5, 5.41) is 19.9. The van der Waals surface area contributed by atoms with Gasteiger partial charge < -0.3 is 15.2 Å². The fourth-order valence-electron chi connectivity index (χ4n) is 3.09. The van der Waals surface area contributed by atoms with Crippen LogP contribution in [0.25, 0.3) is 0 Å². The zero-order valence-electron chi connectivity index (χ0n) is 14.0. The van der Waals surface area contributed by atoms with E-state index in [9.17, 15) is 14.3 Å². The van der Waals surface area contributed by atoms with E-state index in [4.69, 9.17) is 4.74 Å². The van der Waals surface area contributed by atoms with E-state index in [0.29, 0.717) is 35.5 Å². The van der Waals surface area contributed by atoms with Gasteiger partial charge in [0.25, 0.3) is 0 Å². The number of amides is 1. The van der Waals surface area contributed by atoms with E-state index in [1.54, 1.807) is 6.92 Å². The van der Waals surface area contributed by atoms with Gasteiger partial charge in [-0.3, -0.25) is 4.79 Å². The van der Waals surface area contributed by atoms with Crippen molar-refractivity contribution in [1.29, 1.82) is 0 Å². The summed E-state index contributed by atoms with van der Waals surface area (Å²) >= 11 is 0. The maximum Gasteiger partial charge on any atom is 0.226 e. The molecule has 0 bridgehead atoms. The molecule has 1 unspecified atom stereocenters. The molecule has 1 atom stereocenters. The summed E-state index contributed by atoms with van der Waals surface area (Å²) in [5.41, 5.74) is 1.56. The van der Waals surface area contributed by atoms with E-state index in [1.165, 1.54) is 25.3 Å². The lowest BCUT2D eigenvalue weighted by Crippen LogP contribution is -2.42. The molecule has 25 heavy (non-hydrogen) atoms. The van der Waals surface area contributed by atoms with Gasteiger partial charge in [-0.1, -0.05) is 10.3 Å². The van der Waals surface area contributed by atoms with Crippen molar-refractivity contribution in [2.24, 2.45) is 5.92 Å². The first-order chi connectivity index (χ1) is 12.0. The number of halogens is 1. The molecule has 2 aromatic rings. The number of aliphatic hydroxyl groups is 1. The summed E-state index contributed by atoms with van der Waals surface area (Å²) in [7, 11) is 1.50. The third-order valence-corrected chi connectivity index (χ3v) is 4.54. The lowest BCUT2D eigenvalue weighted by molar-refractivity contribution is -0.122. The summed E-state index contributed by atoms with van der Waals surface area (Å²) in [6.07, 6.45) is 0.689. The van der Waals surface area contributed by atoms with Crippen molar-refractivity contribution in [3.8, 4) is 5.75 Å². The second-order valence-electron chi connectivity index (χ2n) is 6.29. The van der Waals surface area contributed by atoms with Crippen molar-refractivity contribution in [1.82, 2.24) is 15.6 Å². The van der Waals surface area contributed by atoms with Crippen LogP contribution in [0.1, 0.15) is 35.8 Å². The molecule has 0 aliphatic heterocycles. The number of carbonyl (C=O) groups is 1. The molecule has 1 saturated carbocycles. The van der Waals surface area contributed by atoms with E-state index in [0.717, 1.165) is 0 Å². The average molecular weight is 349 g/mol. The minimum Gasteiger partial charge on any atom is -0.496 e. The highest BCUT2D eigenvalue weighted by molar-refractivity contribution is 5.79. The van der Waals surface area contributed by atoms with Crippen LogP contribution < -0.4 is 10.1 Å². The maximum absolute atomic E-state index is 13.8. The van der Waals surface area contributed by atoms with Crippen LogP contribution in [0, 0.1) is 18.7 Å². The Morgan fingerprint density at radius 3 is 2.84 bits per heavy atom. The number of aliphatic hydroxyl groups excluding tert-OH is 1.